The second-order valence-electron chi connectivity index (χ2n) is 4.44. The lowest BCUT2D eigenvalue weighted by molar-refractivity contribution is 0.0167. The van der Waals surface area contributed by atoms with Gasteiger partial charge in [-0.15, -0.1) is 0 Å². The van der Waals surface area contributed by atoms with Crippen LogP contribution >= 0.6 is 15.9 Å². The van der Waals surface area contributed by atoms with E-state index in [1.165, 1.54) is 0 Å². The quantitative estimate of drug-likeness (QED) is 0.470. The van der Waals surface area contributed by atoms with Crippen LogP contribution in [-0.4, -0.2) is 29.6 Å². The number of ether oxygens (including phenoxy) is 1. The summed E-state index contributed by atoms with van der Waals surface area (Å²) in [6, 6.07) is 5.18. The fourth-order valence-corrected chi connectivity index (χ4v) is 2.32. The van der Waals surface area contributed by atoms with Gasteiger partial charge in [0, 0.05) is 11.4 Å². The van der Waals surface area contributed by atoms with Crippen molar-refractivity contribution in [2.75, 3.05) is 13.2 Å². The lowest BCUT2D eigenvalue weighted by Crippen LogP contribution is -2.28. The van der Waals surface area contributed by atoms with Crippen molar-refractivity contribution in [1.82, 2.24) is 9.97 Å². The molecule has 1 atom stereocenters. The van der Waals surface area contributed by atoms with Gasteiger partial charge in [-0.25, -0.2) is 8.78 Å². The van der Waals surface area contributed by atoms with Crippen molar-refractivity contribution in [1.29, 1.82) is 0 Å². The van der Waals surface area contributed by atoms with Gasteiger partial charge >= 0.3 is 11.1 Å². The van der Waals surface area contributed by atoms with Crippen LogP contribution in [0.3, 0.4) is 0 Å². The smallest absolute Gasteiger partial charge is 0.314 e. The van der Waals surface area contributed by atoms with E-state index >= 15 is 0 Å². The predicted molar refractivity (Wildman–Crippen MR) is 78.3 cm³/mol. The maximum Gasteiger partial charge on any atom is 0.314 e. The minimum Gasteiger partial charge on any atom is -0.375 e. The maximum atomic E-state index is 11.9. The Morgan fingerprint density at radius 1 is 1.14 bits per heavy atom. The third kappa shape index (κ3) is 4.21. The summed E-state index contributed by atoms with van der Waals surface area (Å²) < 4.78 is 28.7. The van der Waals surface area contributed by atoms with E-state index in [2.05, 4.69) is 25.9 Å². The van der Waals surface area contributed by atoms with E-state index in [0.717, 1.165) is 5.56 Å². The Bertz CT molecular complexity index is 729. The molecule has 1 unspecified atom stereocenters. The fraction of sp³-hybridized carbons (Fsp3) is 0.385. The highest BCUT2D eigenvalue weighted by atomic mass is 79.9. The molecule has 2 rings (SSSR count). The molecule has 5 nitrogen and oxygen atoms in total. The van der Waals surface area contributed by atoms with Crippen LogP contribution in [0, 0.1) is 0 Å². The molecule has 0 fully saturated rings. The van der Waals surface area contributed by atoms with Crippen LogP contribution in [0.5, 0.6) is 0 Å². The third-order valence-electron chi connectivity index (χ3n) is 2.87. The number of rotatable bonds is 6. The second-order valence-corrected chi connectivity index (χ2v) is 5.54. The van der Waals surface area contributed by atoms with E-state index in [-0.39, 0.29) is 11.4 Å². The lowest BCUT2D eigenvalue weighted by atomic mass is 10.1. The zero-order valence-corrected chi connectivity index (χ0v) is 12.5. The van der Waals surface area contributed by atoms with Gasteiger partial charge in [-0.3, -0.25) is 9.59 Å². The highest BCUT2D eigenvalue weighted by Crippen LogP contribution is 2.27. The molecule has 21 heavy (non-hydrogen) atoms. The normalized spacial score (nSPS) is 13.0. The summed E-state index contributed by atoms with van der Waals surface area (Å²) in [5.41, 5.74) is 0.468. The minimum atomic E-state index is -2.47. The number of aromatic nitrogens is 2. The summed E-state index contributed by atoms with van der Waals surface area (Å²) in [7, 11) is 0. The zero-order chi connectivity index (χ0) is 15.4. The van der Waals surface area contributed by atoms with Crippen molar-refractivity contribution < 1.29 is 13.5 Å². The molecule has 1 aromatic carbocycles. The number of alkyl halides is 3. The Kier molecular flexibility index (Phi) is 5.24. The van der Waals surface area contributed by atoms with Gasteiger partial charge in [-0.05, 0) is 24.1 Å². The second kappa shape index (κ2) is 6.95. The first kappa shape index (κ1) is 15.8. The van der Waals surface area contributed by atoms with Crippen molar-refractivity contribution in [3.8, 4) is 0 Å². The Labute approximate surface area is 126 Å². The van der Waals surface area contributed by atoms with Crippen LogP contribution in [0.15, 0.2) is 27.8 Å². The minimum absolute atomic E-state index is 0.102. The van der Waals surface area contributed by atoms with Gasteiger partial charge < -0.3 is 14.7 Å². The molecule has 0 amide bonds. The predicted octanol–water partition coefficient (Wildman–Crippen LogP) is 2.32. The molecular formula is C13H13BrF2N2O3. The number of nitrogens with one attached hydrogen (secondary N) is 2. The SMILES string of the molecule is O=c1[nH]c2ccc(C(Br)CCOCC(F)F)cc2[nH]c1=O. The number of H-pyrrole nitrogens is 2. The molecule has 0 bridgehead atoms. The first-order chi connectivity index (χ1) is 9.97. The average molecular weight is 363 g/mol. The number of fused-ring (bicyclic) bond motifs is 1. The van der Waals surface area contributed by atoms with Gasteiger partial charge in [0.05, 0.1) is 11.0 Å². The van der Waals surface area contributed by atoms with E-state index in [4.69, 9.17) is 4.74 Å². The van der Waals surface area contributed by atoms with Crippen molar-refractivity contribution in [3.05, 3.63) is 44.5 Å². The summed E-state index contributed by atoms with van der Waals surface area (Å²) in [6.45, 7) is -0.383. The summed E-state index contributed by atoms with van der Waals surface area (Å²) in [5.74, 6) is 0. The summed E-state index contributed by atoms with van der Waals surface area (Å²) in [5, 5.41) is 0. The first-order valence-corrected chi connectivity index (χ1v) is 7.15. The lowest BCUT2D eigenvalue weighted by Gasteiger charge is -2.11. The Morgan fingerprint density at radius 2 is 1.81 bits per heavy atom. The topological polar surface area (TPSA) is 75.0 Å². The molecule has 0 aliphatic rings. The maximum absolute atomic E-state index is 11.9. The zero-order valence-electron chi connectivity index (χ0n) is 10.9. The Balaban J connectivity index is 2.09. The molecule has 1 aromatic heterocycles. The van der Waals surface area contributed by atoms with E-state index in [1.807, 2.05) is 0 Å². The van der Waals surface area contributed by atoms with Crippen LogP contribution in [-0.2, 0) is 4.74 Å². The highest BCUT2D eigenvalue weighted by Gasteiger charge is 2.10. The molecule has 114 valence electrons. The average Bonchev–Trinajstić information content (AvgIpc) is 2.44. The molecular weight excluding hydrogens is 350 g/mol. The number of hydrogen-bond donors (Lipinski definition) is 2. The van der Waals surface area contributed by atoms with E-state index in [0.29, 0.717) is 17.5 Å². The van der Waals surface area contributed by atoms with Crippen molar-refractivity contribution >= 4 is 27.0 Å². The highest BCUT2D eigenvalue weighted by molar-refractivity contribution is 9.09. The molecule has 2 aromatic rings. The van der Waals surface area contributed by atoms with Gasteiger partial charge in [-0.1, -0.05) is 22.0 Å². The van der Waals surface area contributed by atoms with Crippen LogP contribution in [0.25, 0.3) is 11.0 Å². The van der Waals surface area contributed by atoms with Crippen molar-refractivity contribution in [2.45, 2.75) is 17.7 Å². The van der Waals surface area contributed by atoms with Crippen LogP contribution in [0.2, 0.25) is 0 Å². The van der Waals surface area contributed by atoms with Gasteiger partial charge in [0.1, 0.15) is 6.61 Å². The number of hydrogen-bond acceptors (Lipinski definition) is 3. The van der Waals surface area contributed by atoms with Gasteiger partial charge in [0.15, 0.2) is 0 Å². The standard InChI is InChI=1S/C13H13BrF2N2O3/c14-8(3-4-21-6-11(15)16)7-1-2-9-10(5-7)18-13(20)12(19)17-9/h1-2,5,8,11H,3-4,6H2,(H,17,19)(H,18,20). The van der Waals surface area contributed by atoms with Gasteiger partial charge in [0.25, 0.3) is 6.43 Å². The molecule has 8 heteroatoms. The van der Waals surface area contributed by atoms with Crippen LogP contribution in [0.1, 0.15) is 16.8 Å². The molecule has 0 radical (unpaired) electrons. The van der Waals surface area contributed by atoms with Gasteiger partial charge in [-0.2, -0.15) is 0 Å². The Hall–Kier alpha value is -1.54. The molecule has 0 saturated carbocycles. The van der Waals surface area contributed by atoms with E-state index < -0.39 is 24.2 Å². The molecule has 0 aliphatic heterocycles. The van der Waals surface area contributed by atoms with Crippen molar-refractivity contribution in [2.24, 2.45) is 0 Å². The molecule has 0 spiro atoms. The summed E-state index contributed by atoms with van der Waals surface area (Å²) in [6.07, 6.45) is -1.97. The van der Waals surface area contributed by atoms with E-state index in [9.17, 15) is 18.4 Å². The third-order valence-corrected chi connectivity index (χ3v) is 3.85. The monoisotopic (exact) mass is 362 g/mol. The van der Waals surface area contributed by atoms with Gasteiger partial charge in [0.2, 0.25) is 0 Å². The van der Waals surface area contributed by atoms with Crippen LogP contribution < -0.4 is 11.1 Å². The molecule has 0 saturated heterocycles. The number of aromatic amines is 2. The first-order valence-electron chi connectivity index (χ1n) is 6.23. The Morgan fingerprint density at radius 3 is 2.48 bits per heavy atom. The van der Waals surface area contributed by atoms with Crippen molar-refractivity contribution in [3.63, 3.8) is 0 Å². The summed E-state index contributed by atoms with van der Waals surface area (Å²) >= 11 is 3.44. The fourth-order valence-electron chi connectivity index (χ4n) is 1.85. The molecule has 2 N–H and O–H groups in total. The van der Waals surface area contributed by atoms with Crippen LogP contribution in [0.4, 0.5) is 8.78 Å². The number of benzene rings is 1. The molecule has 1 heterocycles. The largest absolute Gasteiger partial charge is 0.375 e. The number of halogens is 3. The summed E-state index contributed by atoms with van der Waals surface area (Å²) in [4.78, 5) is 27.3. The molecule has 0 aliphatic carbocycles. The van der Waals surface area contributed by atoms with E-state index in [1.54, 1.807) is 18.2 Å².